The van der Waals surface area contributed by atoms with Gasteiger partial charge >= 0.3 is 0 Å². The Morgan fingerprint density at radius 2 is 1.81 bits per heavy atom. The molecule has 0 fully saturated rings. The van der Waals surface area contributed by atoms with Crippen LogP contribution in [0.1, 0.15) is 18.5 Å². The lowest BCUT2D eigenvalue weighted by Crippen LogP contribution is -2.20. The second-order valence-corrected chi connectivity index (χ2v) is 8.68. The van der Waals surface area contributed by atoms with Gasteiger partial charge in [0.2, 0.25) is 0 Å². The van der Waals surface area contributed by atoms with Gasteiger partial charge in [-0.3, -0.25) is 4.99 Å². The van der Waals surface area contributed by atoms with E-state index in [1.807, 2.05) is 38.2 Å². The maximum absolute atomic E-state index is 13.2. The average Bonchev–Trinajstić information content (AvgIpc) is 3.16. The fourth-order valence-electron chi connectivity index (χ4n) is 3.28. The number of benzene rings is 2. The molecule has 1 aliphatic rings. The molecule has 5 nitrogen and oxygen atoms in total. The van der Waals surface area contributed by atoms with Gasteiger partial charge in [-0.2, -0.15) is 0 Å². The van der Waals surface area contributed by atoms with Crippen molar-refractivity contribution in [3.8, 4) is 0 Å². The molecule has 26 heavy (non-hydrogen) atoms. The first-order valence-electron chi connectivity index (χ1n) is 8.24. The molecule has 7 heteroatoms. The Morgan fingerprint density at radius 1 is 1.12 bits per heavy atom. The van der Waals surface area contributed by atoms with Crippen molar-refractivity contribution < 1.29 is 8.42 Å². The lowest BCUT2D eigenvalue weighted by atomic mass is 10.1. The Labute approximate surface area is 157 Å². The van der Waals surface area contributed by atoms with Gasteiger partial charge in [-0.25, -0.2) is 12.4 Å². The minimum atomic E-state index is -3.72. The van der Waals surface area contributed by atoms with Crippen LogP contribution in [0, 0.1) is 0 Å². The van der Waals surface area contributed by atoms with Crippen molar-refractivity contribution in [2.75, 3.05) is 13.6 Å². The molecular formula is C19H18ClN3O2S. The van der Waals surface area contributed by atoms with E-state index in [9.17, 15) is 8.42 Å². The van der Waals surface area contributed by atoms with Crippen LogP contribution in [0.25, 0.3) is 10.9 Å². The number of amidine groups is 1. The van der Waals surface area contributed by atoms with E-state index in [1.165, 1.54) is 16.1 Å². The van der Waals surface area contributed by atoms with Gasteiger partial charge in [-0.05, 0) is 37.3 Å². The molecule has 0 saturated heterocycles. The number of hydrogen-bond acceptors (Lipinski definition) is 4. The van der Waals surface area contributed by atoms with E-state index in [0.717, 1.165) is 23.3 Å². The molecule has 1 aromatic heterocycles. The van der Waals surface area contributed by atoms with E-state index in [0.29, 0.717) is 10.5 Å². The van der Waals surface area contributed by atoms with Gasteiger partial charge in [-0.1, -0.05) is 29.8 Å². The van der Waals surface area contributed by atoms with Crippen molar-refractivity contribution in [3.05, 3.63) is 65.3 Å². The van der Waals surface area contributed by atoms with Crippen LogP contribution in [-0.4, -0.2) is 36.7 Å². The molecule has 134 valence electrons. The summed E-state index contributed by atoms with van der Waals surface area (Å²) in [6.45, 7) is 2.70. The Bertz CT molecular complexity index is 1120. The topological polar surface area (TPSA) is 54.7 Å². The highest BCUT2D eigenvalue weighted by Crippen LogP contribution is 2.34. The van der Waals surface area contributed by atoms with Gasteiger partial charge in [0.25, 0.3) is 10.0 Å². The van der Waals surface area contributed by atoms with Crippen LogP contribution in [0.4, 0.5) is 0 Å². The maximum atomic E-state index is 13.2. The number of likely N-dealkylation sites (N-methyl/N-ethyl adjacent to an activating group) is 1. The minimum Gasteiger partial charge on any atom is -0.361 e. The lowest BCUT2D eigenvalue weighted by Gasteiger charge is -2.11. The first-order chi connectivity index (χ1) is 12.4. The summed E-state index contributed by atoms with van der Waals surface area (Å²) >= 11 is 5.90. The van der Waals surface area contributed by atoms with Crippen molar-refractivity contribution in [1.82, 2.24) is 8.87 Å². The molecular weight excluding hydrogens is 370 g/mol. The van der Waals surface area contributed by atoms with Crippen LogP contribution in [0.2, 0.25) is 5.02 Å². The molecule has 0 radical (unpaired) electrons. The van der Waals surface area contributed by atoms with Gasteiger partial charge < -0.3 is 4.90 Å². The zero-order valence-electron chi connectivity index (χ0n) is 14.4. The van der Waals surface area contributed by atoms with Crippen LogP contribution >= 0.6 is 11.6 Å². The summed E-state index contributed by atoms with van der Waals surface area (Å²) in [6, 6.07) is 13.7. The third kappa shape index (κ3) is 2.70. The van der Waals surface area contributed by atoms with E-state index < -0.39 is 10.0 Å². The predicted molar refractivity (Wildman–Crippen MR) is 104 cm³/mol. The van der Waals surface area contributed by atoms with E-state index >= 15 is 0 Å². The molecule has 4 rings (SSSR count). The van der Waals surface area contributed by atoms with Crippen LogP contribution in [0.5, 0.6) is 0 Å². The molecule has 1 unspecified atom stereocenters. The van der Waals surface area contributed by atoms with Crippen molar-refractivity contribution in [1.29, 1.82) is 0 Å². The quantitative estimate of drug-likeness (QED) is 0.684. The number of fused-ring (bicyclic) bond motifs is 1. The van der Waals surface area contributed by atoms with Gasteiger partial charge in [0, 0.05) is 35.8 Å². The first-order valence-corrected chi connectivity index (χ1v) is 10.1. The fourth-order valence-corrected chi connectivity index (χ4v) is 4.79. The summed E-state index contributed by atoms with van der Waals surface area (Å²) in [6.07, 6.45) is 1.70. The summed E-state index contributed by atoms with van der Waals surface area (Å²) in [5.41, 5.74) is 1.57. The summed E-state index contributed by atoms with van der Waals surface area (Å²) in [7, 11) is -1.73. The zero-order valence-corrected chi connectivity index (χ0v) is 16.0. The first kappa shape index (κ1) is 17.1. The molecule has 1 atom stereocenters. The van der Waals surface area contributed by atoms with Gasteiger partial charge in [0.05, 0.1) is 22.3 Å². The molecule has 0 saturated carbocycles. The van der Waals surface area contributed by atoms with Crippen LogP contribution < -0.4 is 0 Å². The van der Waals surface area contributed by atoms with Crippen LogP contribution in [0.3, 0.4) is 0 Å². The maximum Gasteiger partial charge on any atom is 0.268 e. The Morgan fingerprint density at radius 3 is 2.46 bits per heavy atom. The van der Waals surface area contributed by atoms with Gasteiger partial charge in [-0.15, -0.1) is 0 Å². The second-order valence-electron chi connectivity index (χ2n) is 6.43. The molecule has 3 aromatic rings. The van der Waals surface area contributed by atoms with Gasteiger partial charge in [0.15, 0.2) is 0 Å². The standard InChI is InChI=1S/C19H18ClN3O2S/c1-13-21-18(12-22(13)2)17-11-23(19-6-4-3-5-16(17)19)26(24,25)15-9-7-14(20)8-10-15/h3-11,18H,12H2,1-2H3. The predicted octanol–water partition coefficient (Wildman–Crippen LogP) is 3.94. The van der Waals surface area contributed by atoms with E-state index in [-0.39, 0.29) is 10.9 Å². The molecule has 0 N–H and O–H groups in total. The summed E-state index contributed by atoms with van der Waals surface area (Å²) in [5, 5.41) is 1.41. The molecule has 2 heterocycles. The molecule has 0 amide bonds. The fraction of sp³-hybridized carbons (Fsp3) is 0.211. The number of hydrogen-bond donors (Lipinski definition) is 0. The Balaban J connectivity index is 1.90. The number of aromatic nitrogens is 1. The largest absolute Gasteiger partial charge is 0.361 e. The molecule has 0 aliphatic carbocycles. The number of para-hydroxylation sites is 1. The van der Waals surface area contributed by atoms with Crippen LogP contribution in [0.15, 0.2) is 64.6 Å². The normalized spacial score (nSPS) is 17.7. The summed E-state index contributed by atoms with van der Waals surface area (Å²) < 4.78 is 27.7. The van der Waals surface area contributed by atoms with Crippen molar-refractivity contribution in [2.45, 2.75) is 17.9 Å². The van der Waals surface area contributed by atoms with Gasteiger partial charge in [0.1, 0.15) is 0 Å². The number of halogens is 1. The smallest absolute Gasteiger partial charge is 0.268 e. The Hall–Kier alpha value is -2.31. The van der Waals surface area contributed by atoms with Crippen molar-refractivity contribution >= 4 is 38.4 Å². The third-order valence-corrected chi connectivity index (χ3v) is 6.72. The third-order valence-electron chi connectivity index (χ3n) is 4.78. The van der Waals surface area contributed by atoms with E-state index in [2.05, 4.69) is 9.89 Å². The van der Waals surface area contributed by atoms with E-state index in [1.54, 1.807) is 18.3 Å². The number of rotatable bonds is 3. The summed E-state index contributed by atoms with van der Waals surface area (Å²) in [4.78, 5) is 6.97. The molecule has 0 bridgehead atoms. The summed E-state index contributed by atoms with van der Waals surface area (Å²) in [5.74, 6) is 0.951. The molecule has 0 spiro atoms. The SMILES string of the molecule is CC1=NC(c2cn(S(=O)(=O)c3ccc(Cl)cc3)c3ccccc23)CN1C. The average molecular weight is 388 g/mol. The minimum absolute atomic E-state index is 0.0773. The molecule has 2 aromatic carbocycles. The van der Waals surface area contributed by atoms with Crippen LogP contribution in [-0.2, 0) is 10.0 Å². The number of aliphatic imine (C=N–C) groups is 1. The van der Waals surface area contributed by atoms with Crippen molar-refractivity contribution in [2.24, 2.45) is 4.99 Å². The highest BCUT2D eigenvalue weighted by atomic mass is 35.5. The van der Waals surface area contributed by atoms with E-state index in [4.69, 9.17) is 11.6 Å². The zero-order chi connectivity index (χ0) is 18.5. The highest BCUT2D eigenvalue weighted by Gasteiger charge is 2.27. The van der Waals surface area contributed by atoms with Crippen molar-refractivity contribution in [3.63, 3.8) is 0 Å². The monoisotopic (exact) mass is 387 g/mol. The number of nitrogens with zero attached hydrogens (tertiary/aromatic N) is 3. The second kappa shape index (κ2) is 6.14. The lowest BCUT2D eigenvalue weighted by molar-refractivity contribution is 0.506. The Kier molecular flexibility index (Phi) is 4.04. The molecule has 1 aliphatic heterocycles. The highest BCUT2D eigenvalue weighted by molar-refractivity contribution is 7.90.